The molecule has 0 aliphatic carbocycles. The molecule has 20 heavy (non-hydrogen) atoms. The van der Waals surface area contributed by atoms with Crippen LogP contribution in [-0.2, 0) is 6.54 Å². The summed E-state index contributed by atoms with van der Waals surface area (Å²) in [7, 11) is 0. The molecule has 0 bridgehead atoms. The smallest absolute Gasteiger partial charge is 0.303 e. The van der Waals surface area contributed by atoms with Crippen LogP contribution in [-0.4, -0.2) is 33.6 Å². The van der Waals surface area contributed by atoms with Crippen LogP contribution >= 0.6 is 0 Å². The predicted molar refractivity (Wildman–Crippen MR) is 77.4 cm³/mol. The van der Waals surface area contributed by atoms with Gasteiger partial charge in [0.05, 0.1) is 5.52 Å². The van der Waals surface area contributed by atoms with Gasteiger partial charge < -0.3 is 4.98 Å². The molecular weight excluding hydrogens is 257 g/mol. The van der Waals surface area contributed by atoms with E-state index in [-0.39, 0.29) is 11.5 Å². The molecule has 1 saturated heterocycles. The first kappa shape index (κ1) is 13.4. The van der Waals surface area contributed by atoms with Crippen molar-refractivity contribution in [1.29, 1.82) is 0 Å². The van der Waals surface area contributed by atoms with E-state index < -0.39 is 0 Å². The summed E-state index contributed by atoms with van der Waals surface area (Å²) >= 11 is 0. The van der Waals surface area contributed by atoms with Crippen molar-refractivity contribution in [2.75, 3.05) is 13.1 Å². The lowest BCUT2D eigenvalue weighted by atomic mass is 10.0. The lowest BCUT2D eigenvalue weighted by Gasteiger charge is -2.34. The summed E-state index contributed by atoms with van der Waals surface area (Å²) in [6.07, 6.45) is 3.52. The van der Waals surface area contributed by atoms with Crippen LogP contribution in [0.2, 0.25) is 0 Å². The van der Waals surface area contributed by atoms with Gasteiger partial charge in [0.15, 0.2) is 0 Å². The summed E-state index contributed by atoms with van der Waals surface area (Å²) in [6, 6.07) is 5.20. The number of imidazole rings is 1. The van der Waals surface area contributed by atoms with Gasteiger partial charge in [0.25, 0.3) is 0 Å². The van der Waals surface area contributed by atoms with Crippen LogP contribution in [0.15, 0.2) is 23.0 Å². The Morgan fingerprint density at radius 1 is 1.40 bits per heavy atom. The molecule has 4 nitrogen and oxygen atoms in total. The highest BCUT2D eigenvalue weighted by Gasteiger charge is 2.23. The van der Waals surface area contributed by atoms with E-state index in [1.54, 1.807) is 16.7 Å². The highest BCUT2D eigenvalue weighted by molar-refractivity contribution is 5.75. The van der Waals surface area contributed by atoms with E-state index in [1.165, 1.54) is 18.9 Å². The molecule has 0 spiro atoms. The summed E-state index contributed by atoms with van der Waals surface area (Å²) < 4.78 is 15.4. The number of rotatable bonds is 3. The second-order valence-electron chi connectivity index (χ2n) is 5.45. The number of benzene rings is 1. The number of hydrogen-bond donors (Lipinski definition) is 1. The number of nitrogens with zero attached hydrogens (tertiary/aromatic N) is 2. The number of nitrogens with one attached hydrogen (secondary N) is 1. The van der Waals surface area contributed by atoms with Crippen molar-refractivity contribution in [2.45, 2.75) is 38.8 Å². The zero-order valence-corrected chi connectivity index (χ0v) is 11.7. The molecular formula is C15H20FN3O. The number of hydrogen-bond acceptors (Lipinski definition) is 2. The summed E-state index contributed by atoms with van der Waals surface area (Å²) in [5.41, 5.74) is 0.764. The highest BCUT2D eigenvalue weighted by Crippen LogP contribution is 2.20. The van der Waals surface area contributed by atoms with Crippen molar-refractivity contribution < 1.29 is 4.39 Å². The Balaban J connectivity index is 1.96. The van der Waals surface area contributed by atoms with Gasteiger partial charge in [-0.2, -0.15) is 0 Å². The van der Waals surface area contributed by atoms with Gasteiger partial charge in [-0.1, -0.05) is 19.4 Å². The third kappa shape index (κ3) is 2.26. The molecule has 0 amide bonds. The summed E-state index contributed by atoms with van der Waals surface area (Å²) in [5, 5.41) is 0. The highest BCUT2D eigenvalue weighted by atomic mass is 19.1. The number of likely N-dealkylation sites (tertiary alicyclic amines) is 1. The standard InChI is InChI=1S/C15H20FN3O/c1-2-18-9-4-3-6-11(18)10-19-13-8-5-7-12(16)14(13)17-15(19)20/h5,7-8,11H,2-4,6,9-10H2,1H3,(H,17,20). The Labute approximate surface area is 117 Å². The fourth-order valence-electron chi connectivity index (χ4n) is 3.22. The van der Waals surface area contributed by atoms with Crippen LogP contribution in [0.1, 0.15) is 26.2 Å². The van der Waals surface area contributed by atoms with Gasteiger partial charge in [0.1, 0.15) is 11.3 Å². The van der Waals surface area contributed by atoms with Crippen molar-refractivity contribution in [3.63, 3.8) is 0 Å². The Morgan fingerprint density at radius 2 is 2.25 bits per heavy atom. The maximum absolute atomic E-state index is 13.7. The SMILES string of the molecule is CCN1CCCCC1Cn1c(=O)[nH]c2c(F)cccc21. The van der Waals surface area contributed by atoms with Crippen molar-refractivity contribution in [3.05, 3.63) is 34.5 Å². The molecule has 0 saturated carbocycles. The van der Waals surface area contributed by atoms with E-state index in [2.05, 4.69) is 16.8 Å². The van der Waals surface area contributed by atoms with E-state index in [9.17, 15) is 9.18 Å². The zero-order chi connectivity index (χ0) is 14.1. The molecule has 1 aliphatic heterocycles. The van der Waals surface area contributed by atoms with Gasteiger partial charge >= 0.3 is 5.69 Å². The number of para-hydroxylation sites is 1. The van der Waals surface area contributed by atoms with Gasteiger partial charge in [0.2, 0.25) is 0 Å². The normalized spacial score (nSPS) is 20.6. The number of aromatic amines is 1. The first-order valence-electron chi connectivity index (χ1n) is 7.31. The Hall–Kier alpha value is -1.62. The molecule has 5 heteroatoms. The second-order valence-corrected chi connectivity index (χ2v) is 5.45. The third-order valence-electron chi connectivity index (χ3n) is 4.31. The van der Waals surface area contributed by atoms with Crippen molar-refractivity contribution in [2.24, 2.45) is 0 Å². The van der Waals surface area contributed by atoms with E-state index in [0.29, 0.717) is 23.6 Å². The van der Waals surface area contributed by atoms with E-state index in [1.807, 2.05) is 0 Å². The van der Waals surface area contributed by atoms with E-state index in [0.717, 1.165) is 19.5 Å². The molecule has 1 unspecified atom stereocenters. The van der Waals surface area contributed by atoms with Crippen LogP contribution in [0, 0.1) is 5.82 Å². The quantitative estimate of drug-likeness (QED) is 0.935. The number of H-pyrrole nitrogens is 1. The van der Waals surface area contributed by atoms with Gasteiger partial charge in [0, 0.05) is 12.6 Å². The predicted octanol–water partition coefficient (Wildman–Crippen LogP) is 2.34. The zero-order valence-electron chi connectivity index (χ0n) is 11.7. The average molecular weight is 277 g/mol. The van der Waals surface area contributed by atoms with Gasteiger partial charge in [-0.3, -0.25) is 9.47 Å². The van der Waals surface area contributed by atoms with Crippen LogP contribution in [0.4, 0.5) is 4.39 Å². The number of halogens is 1. The molecule has 1 N–H and O–H groups in total. The first-order chi connectivity index (χ1) is 9.70. The molecule has 3 rings (SSSR count). The molecule has 2 heterocycles. The minimum absolute atomic E-state index is 0.216. The molecule has 1 aromatic carbocycles. The number of aromatic nitrogens is 2. The Bertz CT molecular complexity index is 661. The van der Waals surface area contributed by atoms with Gasteiger partial charge in [-0.15, -0.1) is 0 Å². The summed E-state index contributed by atoms with van der Waals surface area (Å²) in [6.45, 7) is 4.87. The molecule has 1 aliphatic rings. The van der Waals surface area contributed by atoms with Crippen LogP contribution in [0.3, 0.4) is 0 Å². The number of piperidine rings is 1. The van der Waals surface area contributed by atoms with Crippen molar-refractivity contribution in [1.82, 2.24) is 14.5 Å². The van der Waals surface area contributed by atoms with Crippen LogP contribution in [0.25, 0.3) is 11.0 Å². The monoisotopic (exact) mass is 277 g/mol. The van der Waals surface area contributed by atoms with Gasteiger partial charge in [-0.05, 0) is 38.1 Å². The van der Waals surface area contributed by atoms with E-state index in [4.69, 9.17) is 0 Å². The molecule has 1 aromatic heterocycles. The largest absolute Gasteiger partial charge is 0.326 e. The summed E-state index contributed by atoms with van der Waals surface area (Å²) in [4.78, 5) is 17.1. The molecule has 108 valence electrons. The average Bonchev–Trinajstić information content (AvgIpc) is 2.78. The number of likely N-dealkylation sites (N-methyl/N-ethyl adjacent to an activating group) is 1. The maximum Gasteiger partial charge on any atom is 0.326 e. The lowest BCUT2D eigenvalue weighted by Crippen LogP contribution is -2.43. The van der Waals surface area contributed by atoms with Crippen LogP contribution in [0.5, 0.6) is 0 Å². The Morgan fingerprint density at radius 3 is 3.05 bits per heavy atom. The topological polar surface area (TPSA) is 41.0 Å². The van der Waals surface area contributed by atoms with Gasteiger partial charge in [-0.25, -0.2) is 9.18 Å². The van der Waals surface area contributed by atoms with Crippen molar-refractivity contribution >= 4 is 11.0 Å². The molecule has 2 aromatic rings. The minimum atomic E-state index is -0.366. The number of fused-ring (bicyclic) bond motifs is 1. The molecule has 1 fully saturated rings. The fourth-order valence-corrected chi connectivity index (χ4v) is 3.22. The van der Waals surface area contributed by atoms with E-state index >= 15 is 0 Å². The second kappa shape index (κ2) is 5.40. The summed E-state index contributed by atoms with van der Waals surface area (Å²) in [5.74, 6) is -0.366. The Kier molecular flexibility index (Phi) is 3.61. The van der Waals surface area contributed by atoms with Crippen LogP contribution < -0.4 is 5.69 Å². The molecule has 0 radical (unpaired) electrons. The third-order valence-corrected chi connectivity index (χ3v) is 4.31. The van der Waals surface area contributed by atoms with Crippen molar-refractivity contribution in [3.8, 4) is 0 Å². The first-order valence-corrected chi connectivity index (χ1v) is 7.31. The minimum Gasteiger partial charge on any atom is -0.303 e. The fraction of sp³-hybridized carbons (Fsp3) is 0.533. The maximum atomic E-state index is 13.7. The lowest BCUT2D eigenvalue weighted by molar-refractivity contribution is 0.140. The molecule has 1 atom stereocenters.